The Morgan fingerprint density at radius 2 is 2.33 bits per heavy atom. The number of amides is 1. The Morgan fingerprint density at radius 1 is 1.48 bits per heavy atom. The van der Waals surface area contributed by atoms with E-state index >= 15 is 0 Å². The van der Waals surface area contributed by atoms with Crippen molar-refractivity contribution in [2.75, 3.05) is 45.9 Å². The molecule has 2 heterocycles. The predicted molar refractivity (Wildman–Crippen MR) is 84.3 cm³/mol. The van der Waals surface area contributed by atoms with Crippen molar-refractivity contribution in [1.82, 2.24) is 15.5 Å². The number of hydrogen-bond acceptors (Lipinski definition) is 4. The van der Waals surface area contributed by atoms with E-state index in [4.69, 9.17) is 4.74 Å². The lowest BCUT2D eigenvalue weighted by atomic mass is 9.76. The second kappa shape index (κ2) is 8.11. The summed E-state index contributed by atoms with van der Waals surface area (Å²) in [5.41, 5.74) is -0.202. The van der Waals surface area contributed by atoms with Crippen molar-refractivity contribution in [3.63, 3.8) is 0 Å². The number of piperidine rings is 1. The zero-order chi connectivity index (χ0) is 15.1. The second-order valence-electron chi connectivity index (χ2n) is 6.41. The molecule has 2 N–H and O–H groups in total. The molecule has 2 aliphatic heterocycles. The number of likely N-dealkylation sites (N-methyl/N-ethyl adjacent to an activating group) is 1. The molecule has 0 saturated carbocycles. The maximum atomic E-state index is 12.7. The average Bonchev–Trinajstić information content (AvgIpc) is 2.54. The van der Waals surface area contributed by atoms with Gasteiger partial charge in [0.25, 0.3) is 0 Å². The van der Waals surface area contributed by atoms with Crippen molar-refractivity contribution in [2.45, 2.75) is 45.6 Å². The van der Waals surface area contributed by atoms with E-state index in [1.807, 2.05) is 0 Å². The van der Waals surface area contributed by atoms with Gasteiger partial charge in [-0.1, -0.05) is 20.3 Å². The smallest absolute Gasteiger partial charge is 0.227 e. The molecular formula is C16H31N3O2. The fourth-order valence-corrected chi connectivity index (χ4v) is 3.55. The van der Waals surface area contributed by atoms with Crippen molar-refractivity contribution >= 4 is 5.91 Å². The highest BCUT2D eigenvalue weighted by Gasteiger charge is 2.38. The van der Waals surface area contributed by atoms with Gasteiger partial charge in [0.1, 0.15) is 0 Å². The maximum Gasteiger partial charge on any atom is 0.227 e. The van der Waals surface area contributed by atoms with Crippen LogP contribution in [0.25, 0.3) is 0 Å². The molecule has 5 heteroatoms. The van der Waals surface area contributed by atoms with Crippen LogP contribution in [0, 0.1) is 5.41 Å². The van der Waals surface area contributed by atoms with Gasteiger partial charge >= 0.3 is 0 Å². The lowest BCUT2D eigenvalue weighted by molar-refractivity contribution is -0.133. The van der Waals surface area contributed by atoms with Crippen LogP contribution in [0.5, 0.6) is 0 Å². The van der Waals surface area contributed by atoms with E-state index in [2.05, 4.69) is 29.4 Å². The van der Waals surface area contributed by atoms with E-state index in [1.54, 1.807) is 0 Å². The van der Waals surface area contributed by atoms with E-state index in [1.165, 1.54) is 0 Å². The van der Waals surface area contributed by atoms with Gasteiger partial charge in [0.05, 0.1) is 18.1 Å². The molecule has 0 aromatic rings. The number of hydrogen-bond donors (Lipinski definition) is 2. The summed E-state index contributed by atoms with van der Waals surface area (Å²) in [5.74, 6) is 0.216. The van der Waals surface area contributed by atoms with Gasteiger partial charge in [-0.05, 0) is 32.4 Å². The number of ether oxygens (including phenoxy) is 1. The zero-order valence-electron chi connectivity index (χ0n) is 13.6. The minimum atomic E-state index is -0.202. The minimum Gasteiger partial charge on any atom is -0.374 e. The van der Waals surface area contributed by atoms with Gasteiger partial charge < -0.3 is 15.4 Å². The summed E-state index contributed by atoms with van der Waals surface area (Å²) in [6, 6.07) is 0. The Balaban J connectivity index is 1.84. The van der Waals surface area contributed by atoms with Gasteiger partial charge in [-0.15, -0.1) is 0 Å². The van der Waals surface area contributed by atoms with E-state index < -0.39 is 0 Å². The van der Waals surface area contributed by atoms with Crippen LogP contribution in [0.3, 0.4) is 0 Å². The summed E-state index contributed by atoms with van der Waals surface area (Å²) in [5, 5.41) is 6.56. The first-order valence-electron chi connectivity index (χ1n) is 8.53. The number of morpholine rings is 1. The quantitative estimate of drug-likeness (QED) is 0.768. The molecule has 0 aromatic carbocycles. The Morgan fingerprint density at radius 3 is 3.00 bits per heavy atom. The molecule has 2 rings (SSSR count). The molecule has 122 valence electrons. The highest BCUT2D eigenvalue weighted by Crippen LogP contribution is 2.31. The van der Waals surface area contributed by atoms with Gasteiger partial charge in [0, 0.05) is 26.2 Å². The minimum absolute atomic E-state index is 0.137. The molecule has 2 atom stereocenters. The average molecular weight is 297 g/mol. The summed E-state index contributed by atoms with van der Waals surface area (Å²) >= 11 is 0. The maximum absolute atomic E-state index is 12.7. The Kier molecular flexibility index (Phi) is 6.45. The first kappa shape index (κ1) is 16.7. The number of rotatable bonds is 6. The van der Waals surface area contributed by atoms with Crippen molar-refractivity contribution in [3.8, 4) is 0 Å². The molecule has 0 spiro atoms. The van der Waals surface area contributed by atoms with Crippen molar-refractivity contribution in [3.05, 3.63) is 0 Å². The largest absolute Gasteiger partial charge is 0.374 e. The molecule has 1 amide bonds. The van der Waals surface area contributed by atoms with Crippen LogP contribution in [-0.2, 0) is 9.53 Å². The van der Waals surface area contributed by atoms with E-state index in [0.29, 0.717) is 6.54 Å². The molecule has 0 aliphatic carbocycles. The standard InChI is InChI=1S/C16H31N3O2/c1-3-6-16(7-5-8-17-13-16)15(20)18-11-14-12-19(4-2)9-10-21-14/h14,17H,3-13H2,1-2H3,(H,18,20). The van der Waals surface area contributed by atoms with E-state index in [9.17, 15) is 4.79 Å². The monoisotopic (exact) mass is 297 g/mol. The third-order valence-corrected chi connectivity index (χ3v) is 4.84. The van der Waals surface area contributed by atoms with Crippen LogP contribution in [-0.4, -0.2) is 62.8 Å². The predicted octanol–water partition coefficient (Wildman–Crippen LogP) is 0.993. The molecular weight excluding hydrogens is 266 g/mol. The van der Waals surface area contributed by atoms with Crippen LogP contribution in [0.15, 0.2) is 0 Å². The SMILES string of the molecule is CCCC1(C(=O)NCC2CN(CC)CCO2)CCCNC1. The van der Waals surface area contributed by atoms with Gasteiger partial charge in [-0.25, -0.2) is 0 Å². The van der Waals surface area contributed by atoms with Gasteiger partial charge in [-0.3, -0.25) is 9.69 Å². The first-order chi connectivity index (χ1) is 10.2. The highest BCUT2D eigenvalue weighted by atomic mass is 16.5. The van der Waals surface area contributed by atoms with Gasteiger partial charge in [-0.2, -0.15) is 0 Å². The fraction of sp³-hybridized carbons (Fsp3) is 0.938. The Hall–Kier alpha value is -0.650. The Labute approximate surface area is 128 Å². The molecule has 21 heavy (non-hydrogen) atoms. The van der Waals surface area contributed by atoms with E-state index in [-0.39, 0.29) is 17.4 Å². The first-order valence-corrected chi connectivity index (χ1v) is 8.53. The topological polar surface area (TPSA) is 53.6 Å². The van der Waals surface area contributed by atoms with Crippen LogP contribution < -0.4 is 10.6 Å². The van der Waals surface area contributed by atoms with Gasteiger partial charge in [0.15, 0.2) is 0 Å². The van der Waals surface area contributed by atoms with Crippen LogP contribution in [0.4, 0.5) is 0 Å². The summed E-state index contributed by atoms with van der Waals surface area (Å²) in [6.07, 6.45) is 4.26. The molecule has 0 aromatic heterocycles. The number of carbonyl (C=O) groups excluding carboxylic acids is 1. The molecule has 0 radical (unpaired) electrons. The second-order valence-corrected chi connectivity index (χ2v) is 6.41. The molecule has 2 fully saturated rings. The number of nitrogens with zero attached hydrogens (tertiary/aromatic N) is 1. The number of nitrogens with one attached hydrogen (secondary N) is 2. The fourth-order valence-electron chi connectivity index (χ4n) is 3.55. The molecule has 5 nitrogen and oxygen atoms in total. The zero-order valence-corrected chi connectivity index (χ0v) is 13.6. The molecule has 0 bridgehead atoms. The van der Waals surface area contributed by atoms with Crippen LogP contribution in [0.1, 0.15) is 39.5 Å². The highest BCUT2D eigenvalue weighted by molar-refractivity contribution is 5.83. The molecule has 2 saturated heterocycles. The van der Waals surface area contributed by atoms with E-state index in [0.717, 1.165) is 65.0 Å². The normalized spacial score (nSPS) is 31.0. The van der Waals surface area contributed by atoms with Crippen molar-refractivity contribution in [2.24, 2.45) is 5.41 Å². The third kappa shape index (κ3) is 4.41. The summed E-state index contributed by atoms with van der Waals surface area (Å²) in [7, 11) is 0. The van der Waals surface area contributed by atoms with Gasteiger partial charge in [0.2, 0.25) is 5.91 Å². The van der Waals surface area contributed by atoms with Crippen LogP contribution in [0.2, 0.25) is 0 Å². The summed E-state index contributed by atoms with van der Waals surface area (Å²) < 4.78 is 5.77. The molecule has 2 unspecified atom stereocenters. The lowest BCUT2D eigenvalue weighted by Crippen LogP contribution is -2.53. The Bertz CT molecular complexity index is 324. The van der Waals surface area contributed by atoms with Crippen molar-refractivity contribution in [1.29, 1.82) is 0 Å². The summed E-state index contributed by atoms with van der Waals surface area (Å²) in [6.45, 7) is 10.6. The number of carbonyl (C=O) groups is 1. The third-order valence-electron chi connectivity index (χ3n) is 4.84. The van der Waals surface area contributed by atoms with Crippen molar-refractivity contribution < 1.29 is 9.53 Å². The van der Waals surface area contributed by atoms with Crippen LogP contribution >= 0.6 is 0 Å². The lowest BCUT2D eigenvalue weighted by Gasteiger charge is -2.37. The molecule has 2 aliphatic rings. The summed E-state index contributed by atoms with van der Waals surface area (Å²) in [4.78, 5) is 15.1.